The van der Waals surface area contributed by atoms with Crippen LogP contribution in [0.1, 0.15) is 61.8 Å². The second kappa shape index (κ2) is 18.8. The number of hydrogen-bond acceptors (Lipinski definition) is 0. The third-order valence-electron chi connectivity index (χ3n) is 10.5. The first-order chi connectivity index (χ1) is 26.0. The average Bonchev–Trinajstić information content (AvgIpc) is 3.92. The maximum atomic E-state index is 3.31. The molecule has 0 fully saturated rings. The summed E-state index contributed by atoms with van der Waals surface area (Å²) in [5, 5.41) is 8.36. The number of aryl methyl sites for hydroxylation is 4. The molecule has 0 amide bonds. The van der Waals surface area contributed by atoms with Gasteiger partial charge in [0.25, 0.3) is 0 Å². The van der Waals surface area contributed by atoms with E-state index in [-0.39, 0.29) is 26.2 Å². The monoisotopic (exact) mass is 791 g/mol. The molecule has 0 saturated carbocycles. The van der Waals surface area contributed by atoms with Crippen LogP contribution in [0.25, 0.3) is 54.9 Å². The van der Waals surface area contributed by atoms with Gasteiger partial charge in [-0.15, -0.1) is 74.6 Å². The van der Waals surface area contributed by atoms with Crippen LogP contribution in [0.5, 0.6) is 0 Å². The number of hydrogen-bond donors (Lipinski definition) is 0. The van der Waals surface area contributed by atoms with E-state index in [1.807, 2.05) is 6.07 Å². The van der Waals surface area contributed by atoms with Crippen molar-refractivity contribution in [3.8, 4) is 33.4 Å². The van der Waals surface area contributed by atoms with Gasteiger partial charge in [-0.25, -0.2) is 0 Å². The minimum atomic E-state index is 0. The standard InChI is InChI=1S/2C20H21.C12H7Si.Zr/c2*1-3-4-9-16-13-17-10-7-12-19(20(17)14-16)18-11-6-5-8-15(18)2;1-3-7-11-9(5-1)10-6-2-4-8-12(10)13-11;/h2*5-8,10-14H,3-4,9H2,1-2H3;1-7H;/q3*-1;+3. The number of benzene rings is 6. The van der Waals surface area contributed by atoms with E-state index in [1.165, 1.54) is 126 Å². The molecule has 0 N–H and O–H groups in total. The quantitative estimate of drug-likeness (QED) is 0.106. The van der Waals surface area contributed by atoms with Gasteiger partial charge in [0, 0.05) is 0 Å². The van der Waals surface area contributed by atoms with Crippen molar-refractivity contribution in [1.82, 2.24) is 0 Å². The van der Waals surface area contributed by atoms with Gasteiger partial charge in [-0.3, -0.25) is 0 Å². The van der Waals surface area contributed by atoms with Crippen molar-refractivity contribution in [3.63, 3.8) is 0 Å². The van der Waals surface area contributed by atoms with Gasteiger partial charge < -0.3 is 0 Å². The van der Waals surface area contributed by atoms with E-state index >= 15 is 0 Å². The molecule has 54 heavy (non-hydrogen) atoms. The Kier molecular flexibility index (Phi) is 13.7. The van der Waals surface area contributed by atoms with Crippen LogP contribution in [-0.2, 0) is 39.0 Å². The van der Waals surface area contributed by atoms with Crippen molar-refractivity contribution in [2.24, 2.45) is 0 Å². The summed E-state index contributed by atoms with van der Waals surface area (Å²) in [7, 11) is 0.795. The summed E-state index contributed by atoms with van der Waals surface area (Å²) in [5.74, 6) is 0. The SMILES string of the molecule is CCCCc1cc2c(-c3ccccc3C)cccc2[cH-]1.CCCCc1cc2c(-c3ccccc3C)cccc2[cH-]1.[Zr+3].[c-]1cccc2c1[Si]c1ccccc1-2. The summed E-state index contributed by atoms with van der Waals surface area (Å²) in [6.45, 7) is 8.88. The van der Waals surface area contributed by atoms with Crippen molar-refractivity contribution < 1.29 is 26.2 Å². The van der Waals surface area contributed by atoms with Crippen molar-refractivity contribution in [2.45, 2.75) is 66.2 Å². The summed E-state index contributed by atoms with van der Waals surface area (Å²) in [6, 6.07) is 58.2. The van der Waals surface area contributed by atoms with E-state index in [0.29, 0.717) is 0 Å². The van der Waals surface area contributed by atoms with Crippen LogP contribution in [-0.4, -0.2) is 9.52 Å². The molecular weight excluding hydrogens is 744 g/mol. The van der Waals surface area contributed by atoms with E-state index in [9.17, 15) is 0 Å². The van der Waals surface area contributed by atoms with Gasteiger partial charge in [0.05, 0.1) is 9.52 Å². The molecular formula is C52H49SiZr. The number of unbranched alkanes of at least 4 members (excludes halogenated alkanes) is 2. The molecule has 0 unspecified atom stereocenters. The minimum absolute atomic E-state index is 0. The third kappa shape index (κ3) is 8.94. The van der Waals surface area contributed by atoms with Crippen molar-refractivity contribution in [1.29, 1.82) is 0 Å². The van der Waals surface area contributed by atoms with Crippen LogP contribution >= 0.6 is 0 Å². The Labute approximate surface area is 345 Å². The molecule has 0 spiro atoms. The maximum Gasteiger partial charge on any atom is 3.00 e. The molecule has 8 aromatic rings. The van der Waals surface area contributed by atoms with Crippen molar-refractivity contribution >= 4 is 41.4 Å². The zero-order chi connectivity index (χ0) is 36.6. The van der Waals surface area contributed by atoms with Crippen LogP contribution in [0.3, 0.4) is 0 Å². The predicted octanol–water partition coefficient (Wildman–Crippen LogP) is 12.9. The fourth-order valence-electron chi connectivity index (χ4n) is 7.59. The second-order valence-corrected chi connectivity index (χ2v) is 15.6. The van der Waals surface area contributed by atoms with Gasteiger partial charge in [0.2, 0.25) is 0 Å². The van der Waals surface area contributed by atoms with Crippen molar-refractivity contribution in [3.05, 3.63) is 180 Å². The molecule has 2 heteroatoms. The van der Waals surface area contributed by atoms with Crippen LogP contribution < -0.4 is 10.4 Å². The molecule has 1 aliphatic rings. The first-order valence-corrected chi connectivity index (χ1v) is 20.4. The minimum Gasteiger partial charge on any atom is -0.184 e. The fourth-order valence-corrected chi connectivity index (χ4v) is 8.90. The van der Waals surface area contributed by atoms with Gasteiger partial charge >= 0.3 is 26.2 Å². The van der Waals surface area contributed by atoms with E-state index < -0.39 is 0 Å². The second-order valence-electron chi connectivity index (χ2n) is 14.3. The van der Waals surface area contributed by atoms with Crippen LogP contribution in [0, 0.1) is 19.9 Å². The number of rotatable bonds is 8. The summed E-state index contributed by atoms with van der Waals surface area (Å²) < 4.78 is 0. The van der Waals surface area contributed by atoms with Crippen LogP contribution in [0.2, 0.25) is 0 Å². The zero-order valence-corrected chi connectivity index (χ0v) is 35.6. The molecule has 0 nitrogen and oxygen atoms in total. The Bertz CT molecular complexity index is 2270. The molecule has 3 radical (unpaired) electrons. The molecule has 265 valence electrons. The van der Waals surface area contributed by atoms with Crippen LogP contribution in [0.15, 0.2) is 152 Å². The van der Waals surface area contributed by atoms with E-state index in [4.69, 9.17) is 0 Å². The van der Waals surface area contributed by atoms with E-state index in [2.05, 4.69) is 179 Å². The average molecular weight is 793 g/mol. The smallest absolute Gasteiger partial charge is 0.184 e. The van der Waals surface area contributed by atoms with Gasteiger partial charge in [-0.2, -0.15) is 41.6 Å². The summed E-state index contributed by atoms with van der Waals surface area (Å²) >= 11 is 0. The molecule has 1 aliphatic heterocycles. The zero-order valence-electron chi connectivity index (χ0n) is 32.2. The molecule has 0 bridgehead atoms. The van der Waals surface area contributed by atoms with Crippen LogP contribution in [0.4, 0.5) is 0 Å². The summed E-state index contributed by atoms with van der Waals surface area (Å²) in [5.41, 5.74) is 13.8. The van der Waals surface area contributed by atoms with E-state index in [1.54, 1.807) is 0 Å². The maximum absolute atomic E-state index is 3.31. The van der Waals surface area contributed by atoms with Gasteiger partial charge in [-0.1, -0.05) is 146 Å². The Morgan fingerprint density at radius 3 is 1.48 bits per heavy atom. The van der Waals surface area contributed by atoms with Gasteiger partial charge in [-0.05, 0) is 48.9 Å². The largest absolute Gasteiger partial charge is 3.00 e. The Balaban J connectivity index is 0.000000140. The molecule has 0 aliphatic carbocycles. The molecule has 9 rings (SSSR count). The first-order valence-electron chi connectivity index (χ1n) is 19.4. The Morgan fingerprint density at radius 2 is 0.963 bits per heavy atom. The Morgan fingerprint density at radius 1 is 0.500 bits per heavy atom. The van der Waals surface area contributed by atoms with Crippen molar-refractivity contribution in [2.75, 3.05) is 0 Å². The topological polar surface area (TPSA) is 0 Å². The van der Waals surface area contributed by atoms with Gasteiger partial charge in [0.15, 0.2) is 0 Å². The molecule has 1 heterocycles. The molecule has 0 atom stereocenters. The van der Waals surface area contributed by atoms with E-state index in [0.717, 1.165) is 9.52 Å². The van der Waals surface area contributed by atoms with Gasteiger partial charge in [0.1, 0.15) is 0 Å². The normalized spacial score (nSPS) is 11.2. The number of fused-ring (bicyclic) bond motifs is 5. The summed E-state index contributed by atoms with van der Waals surface area (Å²) in [4.78, 5) is 0. The fraction of sp³-hybridized carbons (Fsp3) is 0.192. The first kappa shape index (κ1) is 39.3. The summed E-state index contributed by atoms with van der Waals surface area (Å²) in [6.07, 6.45) is 7.45. The molecule has 0 aromatic heterocycles. The molecule has 8 aromatic carbocycles. The Hall–Kier alpha value is -4.36. The third-order valence-corrected chi connectivity index (χ3v) is 11.8. The predicted molar refractivity (Wildman–Crippen MR) is 232 cm³/mol. The molecule has 0 saturated heterocycles.